The second-order valence-electron chi connectivity index (χ2n) is 11.0. The van der Waals surface area contributed by atoms with E-state index in [1.807, 2.05) is 91.0 Å². The van der Waals surface area contributed by atoms with Gasteiger partial charge < -0.3 is 19.3 Å². The van der Waals surface area contributed by atoms with Crippen LogP contribution in [0.5, 0.6) is 11.5 Å². The van der Waals surface area contributed by atoms with Crippen molar-refractivity contribution in [2.45, 2.75) is 37.5 Å². The largest absolute Gasteiger partial charge is 0.497 e. The number of ether oxygens (including phenoxy) is 3. The van der Waals surface area contributed by atoms with Gasteiger partial charge in [-0.2, -0.15) is 0 Å². The molecule has 0 spiro atoms. The van der Waals surface area contributed by atoms with Crippen molar-refractivity contribution in [2.75, 3.05) is 26.9 Å². The molecule has 1 aliphatic rings. The third kappa shape index (κ3) is 8.28. The van der Waals surface area contributed by atoms with Crippen LogP contribution < -0.4 is 20.3 Å². The van der Waals surface area contributed by atoms with E-state index in [0.29, 0.717) is 48.8 Å². The number of aliphatic imine (C=N–C) groups is 1. The lowest BCUT2D eigenvalue weighted by Crippen LogP contribution is -2.54. The van der Waals surface area contributed by atoms with E-state index in [1.165, 1.54) is 0 Å². The van der Waals surface area contributed by atoms with Crippen LogP contribution in [0.15, 0.2) is 113 Å². The number of rotatable bonds is 16. The van der Waals surface area contributed by atoms with Crippen LogP contribution in [0, 0.1) is 0 Å². The first-order valence-electron chi connectivity index (χ1n) is 15.5. The number of azide groups is 1. The molecular formula is C36H38N6O5. The highest BCUT2D eigenvalue weighted by atomic mass is 16.5. The van der Waals surface area contributed by atoms with Crippen molar-refractivity contribution < 1.29 is 24.1 Å². The molecule has 3 N–H and O–H groups in total. The Balaban J connectivity index is 1.50. The maximum absolute atomic E-state index is 14.5. The molecule has 4 aromatic rings. The highest BCUT2D eigenvalue weighted by molar-refractivity contribution is 6.01. The van der Waals surface area contributed by atoms with Gasteiger partial charge in [-0.05, 0) is 70.6 Å². The number of amides is 1. The van der Waals surface area contributed by atoms with E-state index in [4.69, 9.17) is 29.8 Å². The number of carbonyl (C=O) groups excluding carboxylic acids is 1. The second kappa shape index (κ2) is 16.3. The fourth-order valence-corrected chi connectivity index (χ4v) is 5.49. The Morgan fingerprint density at radius 3 is 2.53 bits per heavy atom. The Bertz CT molecular complexity index is 1710. The number of hydrazine groups is 1. The zero-order chi connectivity index (χ0) is 32.9. The van der Waals surface area contributed by atoms with Crippen LogP contribution in [0.25, 0.3) is 10.4 Å². The molecule has 0 saturated carbocycles. The summed E-state index contributed by atoms with van der Waals surface area (Å²) in [4.78, 5) is 22.5. The number of nitrogens with one attached hydrogen (secondary N) is 2. The number of nitrogens with zero attached hydrogens (tertiary/aromatic N) is 4. The zero-order valence-electron chi connectivity index (χ0n) is 26.2. The first kappa shape index (κ1) is 33.0. The van der Waals surface area contributed by atoms with Crippen LogP contribution in [0.2, 0.25) is 0 Å². The molecule has 47 heavy (non-hydrogen) atoms. The highest BCUT2D eigenvalue weighted by Crippen LogP contribution is 2.43. The molecule has 0 bridgehead atoms. The average molecular weight is 635 g/mol. The number of carbonyl (C=O) groups is 1. The Morgan fingerprint density at radius 2 is 1.77 bits per heavy atom. The first-order valence-corrected chi connectivity index (χ1v) is 15.5. The average Bonchev–Trinajstić information content (AvgIpc) is 3.50. The molecule has 0 fully saturated rings. The molecule has 1 heterocycles. The number of methoxy groups -OCH3 is 1. The van der Waals surface area contributed by atoms with Crippen molar-refractivity contribution in [3.63, 3.8) is 0 Å². The third-order valence-corrected chi connectivity index (χ3v) is 7.86. The van der Waals surface area contributed by atoms with Gasteiger partial charge in [0.1, 0.15) is 11.5 Å². The lowest BCUT2D eigenvalue weighted by Gasteiger charge is -2.31. The van der Waals surface area contributed by atoms with E-state index in [9.17, 15) is 4.79 Å². The van der Waals surface area contributed by atoms with Crippen LogP contribution in [0.4, 0.5) is 0 Å². The molecule has 0 aliphatic carbocycles. The van der Waals surface area contributed by atoms with E-state index in [0.717, 1.165) is 22.4 Å². The fraction of sp³-hybridized carbons (Fsp3) is 0.278. The summed E-state index contributed by atoms with van der Waals surface area (Å²) in [5, 5.41) is 12.9. The molecule has 0 saturated heterocycles. The van der Waals surface area contributed by atoms with Crippen molar-refractivity contribution in [3.05, 3.63) is 141 Å². The summed E-state index contributed by atoms with van der Waals surface area (Å²) in [6.07, 6.45) is 0.575. The molecule has 0 unspecified atom stereocenters. The summed E-state index contributed by atoms with van der Waals surface area (Å²) in [5.41, 5.74) is 17.7. The van der Waals surface area contributed by atoms with Gasteiger partial charge in [0.2, 0.25) is 5.90 Å². The van der Waals surface area contributed by atoms with Gasteiger partial charge in [0.15, 0.2) is 11.6 Å². The van der Waals surface area contributed by atoms with Gasteiger partial charge in [-0.3, -0.25) is 10.2 Å². The van der Waals surface area contributed by atoms with Crippen LogP contribution in [0.1, 0.15) is 40.3 Å². The number of aliphatic hydroxyl groups excluding tert-OH is 1. The normalized spacial score (nSPS) is 16.8. The molecule has 0 aromatic heterocycles. The SMILES string of the molecule is COc1cccc(CCNNC(=O)[C@@]2(Cc3ccccc3)N=C(c3ccc(OCCCO)cc3)O[C@H]2c2ccccc2CN=[N+]=[N-])c1. The molecular weight excluding hydrogens is 596 g/mol. The monoisotopic (exact) mass is 634 g/mol. The molecule has 4 aromatic carbocycles. The Morgan fingerprint density at radius 1 is 1.00 bits per heavy atom. The number of aliphatic hydroxyl groups is 1. The lowest BCUT2D eigenvalue weighted by molar-refractivity contribution is -0.130. The molecule has 11 heteroatoms. The van der Waals surface area contributed by atoms with Gasteiger partial charge in [0, 0.05) is 36.5 Å². The van der Waals surface area contributed by atoms with Crippen molar-refractivity contribution >= 4 is 11.8 Å². The lowest BCUT2D eigenvalue weighted by atomic mass is 9.81. The molecule has 11 nitrogen and oxygen atoms in total. The predicted molar refractivity (Wildman–Crippen MR) is 179 cm³/mol. The minimum Gasteiger partial charge on any atom is -0.497 e. The smallest absolute Gasteiger partial charge is 0.266 e. The summed E-state index contributed by atoms with van der Waals surface area (Å²) >= 11 is 0. The maximum atomic E-state index is 14.5. The summed E-state index contributed by atoms with van der Waals surface area (Å²) in [5.74, 6) is 1.35. The number of hydrogen-bond acceptors (Lipinski definition) is 8. The highest BCUT2D eigenvalue weighted by Gasteiger charge is 2.53. The molecule has 0 radical (unpaired) electrons. The van der Waals surface area contributed by atoms with Crippen LogP contribution >= 0.6 is 0 Å². The van der Waals surface area contributed by atoms with Crippen molar-refractivity contribution in [1.82, 2.24) is 10.9 Å². The van der Waals surface area contributed by atoms with Gasteiger partial charge in [-0.1, -0.05) is 71.8 Å². The van der Waals surface area contributed by atoms with E-state index in [2.05, 4.69) is 20.9 Å². The zero-order valence-corrected chi connectivity index (χ0v) is 26.2. The predicted octanol–water partition coefficient (Wildman–Crippen LogP) is 5.63. The van der Waals surface area contributed by atoms with Gasteiger partial charge in [0.05, 0.1) is 20.3 Å². The van der Waals surface area contributed by atoms with E-state index < -0.39 is 11.6 Å². The molecule has 1 amide bonds. The van der Waals surface area contributed by atoms with Crippen molar-refractivity contribution in [3.8, 4) is 11.5 Å². The molecule has 242 valence electrons. The van der Waals surface area contributed by atoms with E-state index in [-0.39, 0.29) is 25.5 Å². The second-order valence-corrected chi connectivity index (χ2v) is 11.0. The van der Waals surface area contributed by atoms with Gasteiger partial charge >= 0.3 is 0 Å². The fourth-order valence-electron chi connectivity index (χ4n) is 5.49. The Kier molecular flexibility index (Phi) is 11.4. The Hall–Kier alpha value is -5.35. The Labute approximate surface area is 273 Å². The van der Waals surface area contributed by atoms with E-state index in [1.54, 1.807) is 19.2 Å². The summed E-state index contributed by atoms with van der Waals surface area (Å²) in [6, 6.07) is 32.2. The number of hydrogen-bond donors (Lipinski definition) is 3. The summed E-state index contributed by atoms with van der Waals surface area (Å²) < 4.78 is 17.7. The molecule has 5 rings (SSSR count). The maximum Gasteiger partial charge on any atom is 0.266 e. The third-order valence-electron chi connectivity index (χ3n) is 7.86. The standard InChI is InChI=1S/C36H38N6O5/c1-45-31-13-7-11-26(23-31)19-20-38-41-35(44)36(24-27-9-3-2-4-10-27)33(32-14-6-5-12-29(32)25-39-42-37)47-34(40-36)28-15-17-30(18-16-28)46-22-8-21-43/h2-7,9-18,23,33,38,43H,8,19-22,24-25H2,1H3,(H,41,44)/t33-,36-/m0/s1. The topological polar surface area (TPSA) is 150 Å². The first-order chi connectivity index (χ1) is 23.1. The van der Waals surface area contributed by atoms with E-state index >= 15 is 0 Å². The summed E-state index contributed by atoms with van der Waals surface area (Å²) in [6.45, 7) is 0.992. The van der Waals surface area contributed by atoms with Crippen LogP contribution in [0.3, 0.4) is 0 Å². The van der Waals surface area contributed by atoms with Gasteiger partial charge in [-0.15, -0.1) is 0 Å². The van der Waals surface area contributed by atoms with Crippen LogP contribution in [-0.4, -0.2) is 49.3 Å². The minimum atomic E-state index is -1.43. The van der Waals surface area contributed by atoms with Crippen molar-refractivity contribution in [1.29, 1.82) is 0 Å². The number of benzene rings is 4. The van der Waals surface area contributed by atoms with Gasteiger partial charge in [-0.25, -0.2) is 10.4 Å². The van der Waals surface area contributed by atoms with Crippen molar-refractivity contribution in [2.24, 2.45) is 10.1 Å². The summed E-state index contributed by atoms with van der Waals surface area (Å²) in [7, 11) is 1.63. The molecule has 1 aliphatic heterocycles. The van der Waals surface area contributed by atoms with Gasteiger partial charge in [0.25, 0.3) is 5.91 Å². The van der Waals surface area contributed by atoms with Crippen LogP contribution in [-0.2, 0) is 28.9 Å². The quantitative estimate of drug-likeness (QED) is 0.0478. The minimum absolute atomic E-state index is 0.0483. The molecule has 2 atom stereocenters.